The second-order valence-corrected chi connectivity index (χ2v) is 5.76. The Morgan fingerprint density at radius 3 is 2.57 bits per heavy atom. The molecule has 0 aliphatic carbocycles. The van der Waals surface area contributed by atoms with E-state index in [1.54, 1.807) is 12.4 Å². The van der Waals surface area contributed by atoms with Crippen molar-refractivity contribution in [1.29, 1.82) is 0 Å². The van der Waals surface area contributed by atoms with E-state index >= 15 is 0 Å². The molecule has 0 unspecified atom stereocenters. The van der Waals surface area contributed by atoms with Gasteiger partial charge in [-0.05, 0) is 24.6 Å². The monoisotopic (exact) mass is 421 g/mol. The lowest BCUT2D eigenvalue weighted by Gasteiger charge is -2.03. The van der Waals surface area contributed by atoms with Gasteiger partial charge in [-0.2, -0.15) is 0 Å². The van der Waals surface area contributed by atoms with E-state index in [-0.39, 0.29) is 0 Å². The normalized spacial score (nSPS) is 10.7. The van der Waals surface area contributed by atoms with Crippen LogP contribution in [0.2, 0.25) is 0 Å². The number of rotatable bonds is 6. The molecular formula is C17H16IN3O2. The van der Waals surface area contributed by atoms with Gasteiger partial charge >= 0.3 is 6.01 Å². The topological polar surface area (TPSA) is 61.0 Å². The molecule has 0 aliphatic heterocycles. The molecule has 2 aromatic heterocycles. The fourth-order valence-corrected chi connectivity index (χ4v) is 2.48. The van der Waals surface area contributed by atoms with Crippen LogP contribution in [0, 0.1) is 6.92 Å². The van der Waals surface area contributed by atoms with Gasteiger partial charge in [0, 0.05) is 28.8 Å². The lowest BCUT2D eigenvalue weighted by molar-refractivity contribution is 0.294. The molecule has 0 fully saturated rings. The molecule has 0 aliphatic rings. The molecule has 0 atom stereocenters. The van der Waals surface area contributed by atoms with Crippen molar-refractivity contribution in [3.63, 3.8) is 0 Å². The van der Waals surface area contributed by atoms with E-state index in [0.717, 1.165) is 27.0 Å². The summed E-state index contributed by atoms with van der Waals surface area (Å²) in [5.41, 5.74) is 2.95. The number of benzene rings is 1. The molecule has 0 spiro atoms. The van der Waals surface area contributed by atoms with Crippen molar-refractivity contribution in [2.45, 2.75) is 17.8 Å². The lowest BCUT2D eigenvalue weighted by atomic mass is 10.2. The molecule has 5 nitrogen and oxygen atoms in total. The molecule has 0 bridgehead atoms. The molecule has 0 saturated heterocycles. The molecule has 0 amide bonds. The molecule has 3 aromatic rings. The summed E-state index contributed by atoms with van der Waals surface area (Å²) in [5.74, 6) is 1.45. The number of halogens is 1. The molecule has 2 heterocycles. The summed E-state index contributed by atoms with van der Waals surface area (Å²) < 4.78 is 12.2. The van der Waals surface area contributed by atoms with Gasteiger partial charge in [0.25, 0.3) is 0 Å². The van der Waals surface area contributed by atoms with E-state index in [1.165, 1.54) is 0 Å². The lowest BCUT2D eigenvalue weighted by Crippen LogP contribution is -2.05. The van der Waals surface area contributed by atoms with E-state index in [2.05, 4.69) is 37.5 Å². The first-order chi connectivity index (χ1) is 11.3. The van der Waals surface area contributed by atoms with Crippen LogP contribution in [0.1, 0.15) is 17.0 Å². The molecule has 0 saturated carbocycles. The molecule has 6 heteroatoms. The Kier molecular flexibility index (Phi) is 5.22. The third-order valence-corrected chi connectivity index (χ3v) is 4.20. The zero-order valence-corrected chi connectivity index (χ0v) is 14.9. The summed E-state index contributed by atoms with van der Waals surface area (Å²) >= 11 is 2.27. The minimum Gasteiger partial charge on any atom is -0.463 e. The highest BCUT2D eigenvalue weighted by Crippen LogP contribution is 2.21. The fourth-order valence-electron chi connectivity index (χ4n) is 2.09. The summed E-state index contributed by atoms with van der Waals surface area (Å²) in [4.78, 5) is 12.9. The van der Waals surface area contributed by atoms with Crippen molar-refractivity contribution in [2.75, 3.05) is 6.61 Å². The number of hydrogen-bond donors (Lipinski definition) is 0. The van der Waals surface area contributed by atoms with Crippen LogP contribution in [0.4, 0.5) is 0 Å². The number of ether oxygens (including phenoxy) is 1. The Hall–Kier alpha value is -1.96. The van der Waals surface area contributed by atoms with Crippen LogP contribution < -0.4 is 4.74 Å². The van der Waals surface area contributed by atoms with E-state index in [0.29, 0.717) is 24.9 Å². The number of nitrogens with zero attached hydrogens (tertiary/aromatic N) is 3. The van der Waals surface area contributed by atoms with Crippen LogP contribution in [0.5, 0.6) is 6.01 Å². The van der Waals surface area contributed by atoms with Crippen molar-refractivity contribution in [1.82, 2.24) is 15.0 Å². The van der Waals surface area contributed by atoms with Crippen molar-refractivity contribution in [3.05, 3.63) is 59.7 Å². The maximum absolute atomic E-state index is 5.73. The Morgan fingerprint density at radius 1 is 1.13 bits per heavy atom. The van der Waals surface area contributed by atoms with Crippen LogP contribution in [-0.4, -0.2) is 21.6 Å². The largest absolute Gasteiger partial charge is 0.463 e. The van der Waals surface area contributed by atoms with Gasteiger partial charge in [0.05, 0.1) is 12.3 Å². The van der Waals surface area contributed by atoms with Gasteiger partial charge in [-0.3, -0.25) is 0 Å². The van der Waals surface area contributed by atoms with Gasteiger partial charge in [-0.25, -0.2) is 15.0 Å². The average Bonchev–Trinajstić information content (AvgIpc) is 2.97. The van der Waals surface area contributed by atoms with Crippen LogP contribution in [-0.2, 0) is 10.8 Å². The standard InChI is InChI=1S/C17H16IN3O2/c1-12-15(21-16(23-12)14-5-3-2-4-6-14)7-8-22-17-19-10-13(9-18)11-20-17/h2-6,10-11H,7-9H2,1H3. The maximum Gasteiger partial charge on any atom is 0.316 e. The molecule has 118 valence electrons. The first kappa shape index (κ1) is 15.9. The number of alkyl halides is 1. The van der Waals surface area contributed by atoms with Crippen molar-refractivity contribution in [3.8, 4) is 17.5 Å². The molecule has 0 N–H and O–H groups in total. The molecule has 0 radical (unpaired) electrons. The molecule has 3 rings (SSSR count). The second-order valence-electron chi connectivity index (χ2n) is 4.99. The smallest absolute Gasteiger partial charge is 0.316 e. The van der Waals surface area contributed by atoms with Gasteiger partial charge in [0.2, 0.25) is 5.89 Å². The van der Waals surface area contributed by atoms with Gasteiger partial charge < -0.3 is 9.15 Å². The predicted octanol–water partition coefficient (Wildman–Crippen LogP) is 4.00. The van der Waals surface area contributed by atoms with Gasteiger partial charge in [-0.1, -0.05) is 40.8 Å². The minimum absolute atomic E-state index is 0.392. The summed E-state index contributed by atoms with van der Waals surface area (Å²) in [6.07, 6.45) is 4.22. The zero-order chi connectivity index (χ0) is 16.1. The number of aryl methyl sites for hydroxylation is 1. The van der Waals surface area contributed by atoms with E-state index in [9.17, 15) is 0 Å². The van der Waals surface area contributed by atoms with Crippen LogP contribution in [0.3, 0.4) is 0 Å². The third kappa shape index (κ3) is 4.07. The number of hydrogen-bond acceptors (Lipinski definition) is 5. The molecule has 23 heavy (non-hydrogen) atoms. The van der Waals surface area contributed by atoms with Gasteiger partial charge in [0.15, 0.2) is 0 Å². The van der Waals surface area contributed by atoms with E-state index in [4.69, 9.17) is 9.15 Å². The number of aromatic nitrogens is 3. The quantitative estimate of drug-likeness (QED) is 0.445. The highest BCUT2D eigenvalue weighted by molar-refractivity contribution is 14.1. The summed E-state index contributed by atoms with van der Waals surface area (Å²) in [6.45, 7) is 2.38. The first-order valence-electron chi connectivity index (χ1n) is 7.27. The molecular weight excluding hydrogens is 405 g/mol. The second kappa shape index (κ2) is 7.54. The van der Waals surface area contributed by atoms with E-state index < -0.39 is 0 Å². The summed E-state index contributed by atoms with van der Waals surface area (Å²) in [5, 5.41) is 0. The van der Waals surface area contributed by atoms with Crippen LogP contribution in [0.25, 0.3) is 11.5 Å². The zero-order valence-electron chi connectivity index (χ0n) is 12.7. The Balaban J connectivity index is 1.61. The predicted molar refractivity (Wildman–Crippen MR) is 95.6 cm³/mol. The van der Waals surface area contributed by atoms with Gasteiger partial charge in [0.1, 0.15) is 5.76 Å². The van der Waals surface area contributed by atoms with Crippen LogP contribution >= 0.6 is 22.6 Å². The minimum atomic E-state index is 0.392. The summed E-state index contributed by atoms with van der Waals surface area (Å²) in [7, 11) is 0. The number of oxazole rings is 1. The van der Waals surface area contributed by atoms with Crippen molar-refractivity contribution < 1.29 is 9.15 Å². The average molecular weight is 421 g/mol. The third-order valence-electron chi connectivity index (χ3n) is 3.32. The summed E-state index contributed by atoms with van der Waals surface area (Å²) in [6, 6.07) is 10.3. The highest BCUT2D eigenvalue weighted by Gasteiger charge is 2.11. The fraction of sp³-hybridized carbons (Fsp3) is 0.235. The van der Waals surface area contributed by atoms with Crippen molar-refractivity contribution in [2.24, 2.45) is 0 Å². The van der Waals surface area contributed by atoms with Gasteiger partial charge in [-0.15, -0.1) is 0 Å². The highest BCUT2D eigenvalue weighted by atomic mass is 127. The van der Waals surface area contributed by atoms with Crippen molar-refractivity contribution >= 4 is 22.6 Å². The first-order valence-corrected chi connectivity index (χ1v) is 8.80. The Bertz CT molecular complexity index is 757. The Labute approximate surface area is 148 Å². The van der Waals surface area contributed by atoms with Crippen LogP contribution in [0.15, 0.2) is 47.1 Å². The molecule has 1 aromatic carbocycles. The SMILES string of the molecule is Cc1oc(-c2ccccc2)nc1CCOc1ncc(CI)cn1. The van der Waals surface area contributed by atoms with E-state index in [1.807, 2.05) is 37.3 Å². The Morgan fingerprint density at radius 2 is 1.87 bits per heavy atom. The maximum atomic E-state index is 5.73.